The van der Waals surface area contributed by atoms with Crippen LogP contribution in [0.2, 0.25) is 0 Å². The van der Waals surface area contributed by atoms with Gasteiger partial charge < -0.3 is 5.32 Å². The van der Waals surface area contributed by atoms with E-state index in [0.29, 0.717) is 17.4 Å². The van der Waals surface area contributed by atoms with Crippen molar-refractivity contribution < 1.29 is 4.39 Å². The van der Waals surface area contributed by atoms with Crippen LogP contribution in [0, 0.1) is 17.2 Å². The lowest BCUT2D eigenvalue weighted by Crippen LogP contribution is -2.32. The molecule has 0 radical (unpaired) electrons. The van der Waals surface area contributed by atoms with E-state index in [2.05, 4.69) is 32.2 Å². The minimum absolute atomic E-state index is 0.128. The van der Waals surface area contributed by atoms with Gasteiger partial charge in [0.25, 0.3) is 0 Å². The largest absolute Gasteiger partial charge is 0.310 e. The van der Waals surface area contributed by atoms with Gasteiger partial charge in [-0.25, -0.2) is 4.39 Å². The molecule has 106 valence electrons. The molecule has 0 bridgehead atoms. The molecule has 1 unspecified atom stereocenters. The van der Waals surface area contributed by atoms with Crippen LogP contribution in [-0.2, 0) is 0 Å². The summed E-state index contributed by atoms with van der Waals surface area (Å²) >= 11 is 0. The number of hydrogen-bond acceptors (Lipinski definition) is 1. The predicted octanol–water partition coefficient (Wildman–Crippen LogP) is 4.69. The Morgan fingerprint density at radius 1 is 1.32 bits per heavy atom. The summed E-state index contributed by atoms with van der Waals surface area (Å²) < 4.78 is 13.4. The summed E-state index contributed by atoms with van der Waals surface area (Å²) in [7, 11) is 0. The number of halogens is 1. The van der Waals surface area contributed by atoms with Crippen LogP contribution in [0.25, 0.3) is 0 Å². The monoisotopic (exact) mass is 263 g/mol. The second-order valence-corrected chi connectivity index (χ2v) is 6.59. The summed E-state index contributed by atoms with van der Waals surface area (Å²) in [6.07, 6.45) is 5.02. The van der Waals surface area contributed by atoms with Crippen molar-refractivity contribution in [2.24, 2.45) is 11.3 Å². The van der Waals surface area contributed by atoms with E-state index >= 15 is 0 Å². The maximum atomic E-state index is 13.4. The maximum absolute atomic E-state index is 13.4. The Hall–Kier alpha value is -0.890. The Bertz CT molecular complexity index is 403. The topological polar surface area (TPSA) is 12.0 Å². The van der Waals surface area contributed by atoms with Crippen LogP contribution in [0.15, 0.2) is 24.3 Å². The van der Waals surface area contributed by atoms with Crippen molar-refractivity contribution >= 4 is 0 Å². The van der Waals surface area contributed by atoms with E-state index in [4.69, 9.17) is 0 Å². The van der Waals surface area contributed by atoms with E-state index in [0.717, 1.165) is 12.1 Å². The predicted molar refractivity (Wildman–Crippen MR) is 78.6 cm³/mol. The highest BCUT2D eigenvalue weighted by Gasteiger charge is 2.31. The quantitative estimate of drug-likeness (QED) is 0.830. The van der Waals surface area contributed by atoms with Crippen LogP contribution in [0.3, 0.4) is 0 Å². The van der Waals surface area contributed by atoms with Gasteiger partial charge in [-0.15, -0.1) is 0 Å². The van der Waals surface area contributed by atoms with Gasteiger partial charge in [-0.1, -0.05) is 32.9 Å². The van der Waals surface area contributed by atoms with E-state index in [9.17, 15) is 4.39 Å². The minimum Gasteiger partial charge on any atom is -0.310 e. The molecule has 0 aliphatic heterocycles. The van der Waals surface area contributed by atoms with Crippen molar-refractivity contribution in [1.29, 1.82) is 0 Å². The fraction of sp³-hybridized carbons (Fsp3) is 0.647. The summed E-state index contributed by atoms with van der Waals surface area (Å²) in [6.45, 7) is 7.77. The summed E-state index contributed by atoms with van der Waals surface area (Å²) in [5.41, 5.74) is 1.58. The lowest BCUT2D eigenvalue weighted by Gasteiger charge is -2.38. The zero-order chi connectivity index (χ0) is 13.9. The normalized spacial score (nSPS) is 21.3. The summed E-state index contributed by atoms with van der Waals surface area (Å²) in [4.78, 5) is 0. The van der Waals surface area contributed by atoms with Crippen LogP contribution in [0.5, 0.6) is 0 Å². The first kappa shape index (κ1) is 14.5. The van der Waals surface area contributed by atoms with Crippen LogP contribution in [-0.4, -0.2) is 6.54 Å². The Morgan fingerprint density at radius 2 is 2.00 bits per heavy atom. The molecule has 1 N–H and O–H groups in total. The highest BCUT2D eigenvalue weighted by atomic mass is 19.1. The van der Waals surface area contributed by atoms with Gasteiger partial charge in [-0.05, 0) is 61.3 Å². The van der Waals surface area contributed by atoms with Crippen molar-refractivity contribution in [1.82, 2.24) is 5.32 Å². The summed E-state index contributed by atoms with van der Waals surface area (Å²) in [5.74, 6) is 0.506. The molecule has 0 saturated heterocycles. The molecule has 0 spiro atoms. The zero-order valence-corrected chi connectivity index (χ0v) is 12.4. The SMILES string of the molecule is CCNC(c1cccc(F)c1)C1CCC(C)(C)CC1. The fourth-order valence-corrected chi connectivity index (χ4v) is 3.23. The molecular weight excluding hydrogens is 237 g/mol. The van der Waals surface area contributed by atoms with Crippen molar-refractivity contribution in [3.63, 3.8) is 0 Å². The first-order chi connectivity index (χ1) is 9.02. The van der Waals surface area contributed by atoms with Gasteiger partial charge in [0, 0.05) is 6.04 Å². The molecule has 1 atom stereocenters. The van der Waals surface area contributed by atoms with Crippen LogP contribution in [0.1, 0.15) is 58.1 Å². The van der Waals surface area contributed by atoms with Gasteiger partial charge in [-0.2, -0.15) is 0 Å². The third-order valence-corrected chi connectivity index (χ3v) is 4.49. The Labute approximate surface area is 116 Å². The molecule has 0 aromatic heterocycles. The summed E-state index contributed by atoms with van der Waals surface area (Å²) in [5, 5.41) is 3.56. The molecule has 1 aliphatic rings. The lowest BCUT2D eigenvalue weighted by atomic mass is 9.70. The molecule has 1 nitrogen and oxygen atoms in total. The van der Waals surface area contributed by atoms with Crippen molar-refractivity contribution in [3.8, 4) is 0 Å². The Morgan fingerprint density at radius 3 is 2.58 bits per heavy atom. The molecule has 0 heterocycles. The molecule has 1 fully saturated rings. The standard InChI is InChI=1S/C17H26FN/c1-4-19-16(14-6-5-7-15(18)12-14)13-8-10-17(2,3)11-9-13/h5-7,12-13,16,19H,4,8-11H2,1-3H3. The van der Waals surface area contributed by atoms with E-state index in [1.807, 2.05) is 6.07 Å². The highest BCUT2D eigenvalue weighted by molar-refractivity contribution is 5.21. The minimum atomic E-state index is -0.128. The van der Waals surface area contributed by atoms with E-state index < -0.39 is 0 Å². The molecule has 1 aliphatic carbocycles. The van der Waals surface area contributed by atoms with Crippen LogP contribution >= 0.6 is 0 Å². The molecule has 1 saturated carbocycles. The van der Waals surface area contributed by atoms with Crippen LogP contribution in [0.4, 0.5) is 4.39 Å². The van der Waals surface area contributed by atoms with Gasteiger partial charge in [-0.3, -0.25) is 0 Å². The molecule has 1 aromatic carbocycles. The van der Waals surface area contributed by atoms with Crippen molar-refractivity contribution in [2.45, 2.75) is 52.5 Å². The molecule has 2 heteroatoms. The second-order valence-electron chi connectivity index (χ2n) is 6.59. The van der Waals surface area contributed by atoms with Gasteiger partial charge in [0.15, 0.2) is 0 Å². The van der Waals surface area contributed by atoms with E-state index in [1.54, 1.807) is 6.07 Å². The number of nitrogens with one attached hydrogen (secondary N) is 1. The van der Waals surface area contributed by atoms with Gasteiger partial charge in [0.1, 0.15) is 5.82 Å². The van der Waals surface area contributed by atoms with Crippen molar-refractivity contribution in [3.05, 3.63) is 35.6 Å². The maximum Gasteiger partial charge on any atom is 0.123 e. The van der Waals surface area contributed by atoms with Gasteiger partial charge >= 0.3 is 0 Å². The molecule has 0 amide bonds. The first-order valence-corrected chi connectivity index (χ1v) is 7.51. The highest BCUT2D eigenvalue weighted by Crippen LogP contribution is 2.42. The third kappa shape index (κ3) is 3.79. The van der Waals surface area contributed by atoms with Gasteiger partial charge in [0.2, 0.25) is 0 Å². The average Bonchev–Trinajstić information content (AvgIpc) is 2.36. The molecule has 1 aromatic rings. The number of hydrogen-bond donors (Lipinski definition) is 1. The van der Waals surface area contributed by atoms with Crippen molar-refractivity contribution in [2.75, 3.05) is 6.54 Å². The number of benzene rings is 1. The first-order valence-electron chi connectivity index (χ1n) is 7.51. The van der Waals surface area contributed by atoms with Gasteiger partial charge in [0.05, 0.1) is 0 Å². The molecule has 19 heavy (non-hydrogen) atoms. The smallest absolute Gasteiger partial charge is 0.123 e. The van der Waals surface area contributed by atoms with E-state index in [-0.39, 0.29) is 5.82 Å². The lowest BCUT2D eigenvalue weighted by molar-refractivity contribution is 0.162. The fourth-order valence-electron chi connectivity index (χ4n) is 3.23. The third-order valence-electron chi connectivity index (χ3n) is 4.49. The van der Waals surface area contributed by atoms with Crippen LogP contribution < -0.4 is 5.32 Å². The number of rotatable bonds is 4. The Kier molecular flexibility index (Phi) is 4.62. The molecule has 2 rings (SSSR count). The summed E-state index contributed by atoms with van der Waals surface area (Å²) in [6, 6.07) is 7.39. The zero-order valence-electron chi connectivity index (χ0n) is 12.4. The second kappa shape index (κ2) is 6.04. The molecular formula is C17H26FN. The average molecular weight is 263 g/mol. The van der Waals surface area contributed by atoms with E-state index in [1.165, 1.54) is 31.7 Å². The Balaban J connectivity index is 2.12.